The lowest BCUT2D eigenvalue weighted by Crippen LogP contribution is -2.30. The molecule has 0 aromatic heterocycles. The molecule has 1 saturated heterocycles. The third kappa shape index (κ3) is 7.19. The van der Waals surface area contributed by atoms with Gasteiger partial charge in [-0.2, -0.15) is 0 Å². The van der Waals surface area contributed by atoms with Crippen LogP contribution in [0.5, 0.6) is 0 Å². The van der Waals surface area contributed by atoms with Crippen LogP contribution in [-0.4, -0.2) is 42.1 Å². The van der Waals surface area contributed by atoms with Gasteiger partial charge in [-0.15, -0.1) is 0 Å². The van der Waals surface area contributed by atoms with Crippen LogP contribution in [0.25, 0.3) is 0 Å². The van der Waals surface area contributed by atoms with Crippen molar-refractivity contribution in [2.75, 3.05) is 13.2 Å². The molecule has 0 saturated carbocycles. The van der Waals surface area contributed by atoms with E-state index >= 15 is 0 Å². The Morgan fingerprint density at radius 2 is 1.55 bits per heavy atom. The average molecular weight is 427 g/mol. The van der Waals surface area contributed by atoms with Crippen LogP contribution in [-0.2, 0) is 36.6 Å². The molecular weight excluding hydrogens is 396 g/mol. The minimum Gasteiger partial charge on any atom is -0.481 e. The highest BCUT2D eigenvalue weighted by atomic mass is 16.7. The minimum atomic E-state index is -0.913. The van der Waals surface area contributed by atoms with Crippen LogP contribution >= 0.6 is 0 Å². The van der Waals surface area contributed by atoms with E-state index in [1.54, 1.807) is 0 Å². The molecule has 0 aliphatic carbocycles. The molecule has 2 aromatic rings. The minimum absolute atomic E-state index is 0.0873. The van der Waals surface area contributed by atoms with Crippen LogP contribution in [0.1, 0.15) is 31.4 Å². The predicted molar refractivity (Wildman–Crippen MR) is 115 cm³/mol. The lowest BCUT2D eigenvalue weighted by Gasteiger charge is -2.22. The first-order valence-electron chi connectivity index (χ1n) is 10.6. The van der Waals surface area contributed by atoms with Crippen LogP contribution < -0.4 is 0 Å². The molecule has 1 aliphatic rings. The van der Waals surface area contributed by atoms with Crippen molar-refractivity contribution in [3.05, 3.63) is 71.8 Å². The van der Waals surface area contributed by atoms with Gasteiger partial charge < -0.3 is 19.3 Å². The van der Waals surface area contributed by atoms with Gasteiger partial charge in [-0.05, 0) is 44.2 Å². The van der Waals surface area contributed by atoms with Gasteiger partial charge in [0.05, 0.1) is 18.4 Å². The van der Waals surface area contributed by atoms with Gasteiger partial charge in [-0.3, -0.25) is 9.59 Å². The average Bonchev–Trinajstić information content (AvgIpc) is 3.11. The summed E-state index contributed by atoms with van der Waals surface area (Å²) in [6.45, 7) is 4.07. The summed E-state index contributed by atoms with van der Waals surface area (Å²) in [6.07, 6.45) is 0.663. The molecule has 0 radical (unpaired) electrons. The van der Waals surface area contributed by atoms with Gasteiger partial charge in [0.15, 0.2) is 5.79 Å². The number of hydrogen-bond donors (Lipinski definition) is 1. The summed E-state index contributed by atoms with van der Waals surface area (Å²) in [7, 11) is 0. The molecular formula is C25H30O6. The van der Waals surface area contributed by atoms with E-state index in [4.69, 9.17) is 14.2 Å². The van der Waals surface area contributed by atoms with Crippen molar-refractivity contribution in [3.63, 3.8) is 0 Å². The summed E-state index contributed by atoms with van der Waals surface area (Å²) in [4.78, 5) is 24.9. The van der Waals surface area contributed by atoms with E-state index in [1.165, 1.54) is 0 Å². The second-order valence-electron chi connectivity index (χ2n) is 8.43. The molecule has 0 bridgehead atoms. The maximum absolute atomic E-state index is 13.0. The Kier molecular flexibility index (Phi) is 7.82. The van der Waals surface area contributed by atoms with Crippen LogP contribution in [0.4, 0.5) is 0 Å². The number of carboxylic acids is 1. The van der Waals surface area contributed by atoms with Gasteiger partial charge in [0.1, 0.15) is 12.7 Å². The highest BCUT2D eigenvalue weighted by molar-refractivity contribution is 5.75. The SMILES string of the molecule is CC1(C)OCC(COC(=O)[C@H](Cc2ccccc2)C[C@@H](Cc2ccccc2)C(=O)O)O1. The lowest BCUT2D eigenvalue weighted by molar-refractivity contribution is -0.162. The Hall–Kier alpha value is -2.70. The number of aliphatic carboxylic acids is 1. The first kappa shape index (κ1) is 23.0. The molecule has 0 spiro atoms. The molecule has 3 atom stereocenters. The number of benzene rings is 2. The number of carbonyl (C=O) groups is 2. The Labute approximate surface area is 183 Å². The number of hydrogen-bond acceptors (Lipinski definition) is 5. The van der Waals surface area contributed by atoms with E-state index < -0.39 is 29.6 Å². The van der Waals surface area contributed by atoms with E-state index in [0.717, 1.165) is 11.1 Å². The molecule has 1 fully saturated rings. The summed E-state index contributed by atoms with van der Waals surface area (Å²) in [5.74, 6) is -3.26. The van der Waals surface area contributed by atoms with Crippen molar-refractivity contribution in [1.82, 2.24) is 0 Å². The smallest absolute Gasteiger partial charge is 0.309 e. The summed E-state index contributed by atoms with van der Waals surface area (Å²) >= 11 is 0. The highest BCUT2D eigenvalue weighted by Crippen LogP contribution is 2.25. The zero-order chi connectivity index (χ0) is 22.3. The predicted octanol–water partition coefficient (Wildman–Crippen LogP) is 3.87. The van der Waals surface area contributed by atoms with Gasteiger partial charge in [0.2, 0.25) is 0 Å². The van der Waals surface area contributed by atoms with Gasteiger partial charge in [-0.25, -0.2) is 0 Å². The number of ether oxygens (including phenoxy) is 3. The second kappa shape index (κ2) is 10.6. The molecule has 1 N–H and O–H groups in total. The van der Waals surface area contributed by atoms with Gasteiger partial charge >= 0.3 is 11.9 Å². The van der Waals surface area contributed by atoms with Crippen LogP contribution in [0.2, 0.25) is 0 Å². The van der Waals surface area contributed by atoms with Crippen molar-refractivity contribution in [2.45, 2.75) is 45.0 Å². The Bertz CT molecular complexity index is 849. The van der Waals surface area contributed by atoms with Gasteiger partial charge in [-0.1, -0.05) is 60.7 Å². The Morgan fingerprint density at radius 3 is 2.03 bits per heavy atom. The molecule has 6 nitrogen and oxygen atoms in total. The summed E-state index contributed by atoms with van der Waals surface area (Å²) in [5, 5.41) is 9.80. The normalized spacial score (nSPS) is 19.5. The Morgan fingerprint density at radius 1 is 1.00 bits per heavy atom. The highest BCUT2D eigenvalue weighted by Gasteiger charge is 2.34. The maximum atomic E-state index is 13.0. The molecule has 166 valence electrons. The van der Waals surface area contributed by atoms with Gasteiger partial charge in [0.25, 0.3) is 0 Å². The third-order valence-electron chi connectivity index (χ3n) is 5.38. The molecule has 1 heterocycles. The maximum Gasteiger partial charge on any atom is 0.309 e. The molecule has 1 unspecified atom stereocenters. The summed E-state index contributed by atoms with van der Waals surface area (Å²) in [6, 6.07) is 19.1. The second-order valence-corrected chi connectivity index (χ2v) is 8.43. The summed E-state index contributed by atoms with van der Waals surface area (Å²) in [5.41, 5.74) is 1.90. The van der Waals surface area contributed by atoms with Crippen molar-refractivity contribution in [1.29, 1.82) is 0 Å². The molecule has 6 heteroatoms. The standard InChI is InChI=1S/C25H30O6/c1-25(2)30-17-22(31-25)16-29-24(28)21(14-19-11-7-4-8-12-19)15-20(23(26)27)13-18-9-5-3-6-10-18/h3-12,20-22H,13-17H2,1-2H3,(H,26,27)/t20-,21-,22?/m1/s1. The lowest BCUT2D eigenvalue weighted by atomic mass is 9.86. The van der Waals surface area contributed by atoms with Gasteiger partial charge in [0, 0.05) is 0 Å². The molecule has 31 heavy (non-hydrogen) atoms. The fourth-order valence-electron chi connectivity index (χ4n) is 3.81. The van der Waals surface area contributed by atoms with E-state index in [1.807, 2.05) is 74.5 Å². The largest absolute Gasteiger partial charge is 0.481 e. The molecule has 2 aromatic carbocycles. The number of carbonyl (C=O) groups excluding carboxylic acids is 1. The number of rotatable bonds is 10. The van der Waals surface area contributed by atoms with Crippen LogP contribution in [0.15, 0.2) is 60.7 Å². The molecule has 0 amide bonds. The van der Waals surface area contributed by atoms with E-state index in [2.05, 4.69) is 0 Å². The number of carboxylic acid groups (broad SMARTS) is 1. The van der Waals surface area contributed by atoms with Crippen molar-refractivity contribution < 1.29 is 28.9 Å². The van der Waals surface area contributed by atoms with Crippen LogP contribution in [0.3, 0.4) is 0 Å². The monoisotopic (exact) mass is 426 g/mol. The van der Waals surface area contributed by atoms with E-state index in [-0.39, 0.29) is 19.1 Å². The quantitative estimate of drug-likeness (QED) is 0.581. The zero-order valence-electron chi connectivity index (χ0n) is 18.0. The van der Waals surface area contributed by atoms with Crippen molar-refractivity contribution >= 4 is 11.9 Å². The summed E-state index contributed by atoms with van der Waals surface area (Å²) < 4.78 is 16.8. The molecule has 3 rings (SSSR count). The zero-order valence-corrected chi connectivity index (χ0v) is 18.0. The molecule has 1 aliphatic heterocycles. The number of esters is 1. The van der Waals surface area contributed by atoms with Crippen molar-refractivity contribution in [2.24, 2.45) is 11.8 Å². The first-order chi connectivity index (χ1) is 14.8. The van der Waals surface area contributed by atoms with Crippen LogP contribution in [0, 0.1) is 11.8 Å². The first-order valence-corrected chi connectivity index (χ1v) is 10.6. The fraction of sp³-hybridized carbons (Fsp3) is 0.440. The topological polar surface area (TPSA) is 82.1 Å². The van der Waals surface area contributed by atoms with Crippen molar-refractivity contribution in [3.8, 4) is 0 Å². The Balaban J connectivity index is 1.68. The van der Waals surface area contributed by atoms with E-state index in [0.29, 0.717) is 19.4 Å². The third-order valence-corrected chi connectivity index (χ3v) is 5.38. The fourth-order valence-corrected chi connectivity index (χ4v) is 3.81. The van der Waals surface area contributed by atoms with E-state index in [9.17, 15) is 14.7 Å².